The highest BCUT2D eigenvalue weighted by atomic mass is 35.5. The summed E-state index contributed by atoms with van der Waals surface area (Å²) in [7, 11) is 0. The molecule has 1 aliphatic carbocycles. The van der Waals surface area contributed by atoms with E-state index in [2.05, 4.69) is 10.6 Å². The molecule has 0 bridgehead atoms. The van der Waals surface area contributed by atoms with Crippen LogP contribution < -0.4 is 10.6 Å². The summed E-state index contributed by atoms with van der Waals surface area (Å²) in [6.45, 7) is 0.522. The van der Waals surface area contributed by atoms with Crippen molar-refractivity contribution in [1.29, 1.82) is 0 Å². The highest BCUT2D eigenvalue weighted by Crippen LogP contribution is 2.29. The fourth-order valence-electron chi connectivity index (χ4n) is 2.89. The number of thiophene rings is 1. The fourth-order valence-corrected chi connectivity index (χ4v) is 4.05. The first kappa shape index (κ1) is 16.3. The second-order valence-electron chi connectivity index (χ2n) is 5.47. The Balaban J connectivity index is 0.00000161. The number of aliphatic carboxylic acids is 1. The number of rotatable bonds is 3. The number of aryl methyl sites for hydroxylation is 2. The molecule has 1 amide bonds. The van der Waals surface area contributed by atoms with Gasteiger partial charge in [0.25, 0.3) is 5.91 Å². The zero-order valence-corrected chi connectivity index (χ0v) is 13.2. The quantitative estimate of drug-likeness (QED) is 0.786. The average Bonchev–Trinajstić information content (AvgIpc) is 3.04. The zero-order chi connectivity index (χ0) is 14.1. The molecule has 3 rings (SSSR count). The van der Waals surface area contributed by atoms with Crippen LogP contribution in [0.5, 0.6) is 0 Å². The minimum absolute atomic E-state index is 0. The molecule has 7 heteroatoms. The van der Waals surface area contributed by atoms with Crippen LogP contribution in [0.4, 0.5) is 0 Å². The van der Waals surface area contributed by atoms with E-state index < -0.39 is 12.0 Å². The van der Waals surface area contributed by atoms with E-state index in [0.29, 0.717) is 13.0 Å². The standard InChI is InChI=1S/C14H18N2O3S.ClH/c17-13(16-9-6-10(14(18)19)15-7-9)12-5-8-3-1-2-4-11(8)20-12;/h5,9-10,15H,1-4,6-7H2,(H,16,17)(H,18,19);1H/t9-,10-;/m0./s1. The van der Waals surface area contributed by atoms with Crippen LogP contribution in [0.1, 0.15) is 39.4 Å². The summed E-state index contributed by atoms with van der Waals surface area (Å²) in [5.41, 5.74) is 1.32. The van der Waals surface area contributed by atoms with Crippen LogP contribution in [0, 0.1) is 0 Å². The Hall–Kier alpha value is -1.11. The maximum Gasteiger partial charge on any atom is 0.320 e. The molecule has 0 unspecified atom stereocenters. The van der Waals surface area contributed by atoms with Crippen molar-refractivity contribution >= 4 is 35.6 Å². The van der Waals surface area contributed by atoms with E-state index in [1.807, 2.05) is 6.07 Å². The average molecular weight is 331 g/mol. The van der Waals surface area contributed by atoms with Crippen molar-refractivity contribution in [1.82, 2.24) is 10.6 Å². The first-order chi connectivity index (χ1) is 9.63. The molecule has 2 atom stereocenters. The van der Waals surface area contributed by atoms with Crippen LogP contribution in [-0.4, -0.2) is 35.6 Å². The predicted octanol–water partition coefficient (Wildman–Crippen LogP) is 1.59. The molecule has 3 N–H and O–H groups in total. The molecule has 0 spiro atoms. The number of hydrogen-bond donors (Lipinski definition) is 3. The van der Waals surface area contributed by atoms with Gasteiger partial charge >= 0.3 is 5.97 Å². The van der Waals surface area contributed by atoms with E-state index in [0.717, 1.165) is 17.7 Å². The smallest absolute Gasteiger partial charge is 0.320 e. The molecular formula is C14H19ClN2O3S. The lowest BCUT2D eigenvalue weighted by molar-refractivity contribution is -0.139. The van der Waals surface area contributed by atoms with Crippen LogP contribution in [0.25, 0.3) is 0 Å². The summed E-state index contributed by atoms with van der Waals surface area (Å²) >= 11 is 1.59. The molecule has 2 heterocycles. The third-order valence-corrected chi connectivity index (χ3v) is 5.22. The van der Waals surface area contributed by atoms with Crippen molar-refractivity contribution in [2.24, 2.45) is 0 Å². The van der Waals surface area contributed by atoms with Gasteiger partial charge in [-0.15, -0.1) is 23.7 Å². The third-order valence-electron chi connectivity index (χ3n) is 3.98. The Kier molecular flexibility index (Phi) is 5.24. The van der Waals surface area contributed by atoms with Crippen molar-refractivity contribution in [3.63, 3.8) is 0 Å². The fraction of sp³-hybridized carbons (Fsp3) is 0.571. The summed E-state index contributed by atoms with van der Waals surface area (Å²) in [6, 6.07) is 1.37. The monoisotopic (exact) mass is 330 g/mol. The maximum atomic E-state index is 12.2. The lowest BCUT2D eigenvalue weighted by atomic mass is 9.99. The van der Waals surface area contributed by atoms with Gasteiger partial charge in [0, 0.05) is 17.5 Å². The molecule has 1 saturated heterocycles. The van der Waals surface area contributed by atoms with Crippen molar-refractivity contribution in [3.8, 4) is 0 Å². The number of fused-ring (bicyclic) bond motifs is 1. The van der Waals surface area contributed by atoms with E-state index in [4.69, 9.17) is 5.11 Å². The maximum absolute atomic E-state index is 12.2. The van der Waals surface area contributed by atoms with Gasteiger partial charge in [0.15, 0.2) is 0 Å². The van der Waals surface area contributed by atoms with Crippen LogP contribution in [0.2, 0.25) is 0 Å². The topological polar surface area (TPSA) is 78.4 Å². The molecule has 0 aromatic carbocycles. The Morgan fingerprint density at radius 3 is 2.76 bits per heavy atom. The van der Waals surface area contributed by atoms with Crippen LogP contribution in [0.3, 0.4) is 0 Å². The summed E-state index contributed by atoms with van der Waals surface area (Å²) in [5.74, 6) is -0.921. The Bertz CT molecular complexity index is 523. The normalized spacial score (nSPS) is 24.0. The number of carbonyl (C=O) groups is 2. The van der Waals surface area contributed by atoms with E-state index in [1.54, 1.807) is 11.3 Å². The van der Waals surface area contributed by atoms with Gasteiger partial charge in [0.05, 0.1) is 4.88 Å². The predicted molar refractivity (Wildman–Crippen MR) is 83.5 cm³/mol. The molecule has 0 saturated carbocycles. The zero-order valence-electron chi connectivity index (χ0n) is 11.6. The van der Waals surface area contributed by atoms with Gasteiger partial charge in [-0.05, 0) is 43.7 Å². The van der Waals surface area contributed by atoms with Gasteiger partial charge in [0.2, 0.25) is 0 Å². The number of nitrogens with one attached hydrogen (secondary N) is 2. The van der Waals surface area contributed by atoms with Crippen LogP contribution in [0.15, 0.2) is 6.07 Å². The molecule has 1 aromatic rings. The summed E-state index contributed by atoms with van der Waals surface area (Å²) < 4.78 is 0. The number of carboxylic acids is 1. The second kappa shape index (κ2) is 6.77. The molecule has 5 nitrogen and oxygen atoms in total. The molecule has 1 aliphatic heterocycles. The summed E-state index contributed by atoms with van der Waals surface area (Å²) in [6.07, 6.45) is 5.02. The highest BCUT2D eigenvalue weighted by molar-refractivity contribution is 7.14. The lowest BCUT2D eigenvalue weighted by Crippen LogP contribution is -2.35. The van der Waals surface area contributed by atoms with E-state index >= 15 is 0 Å². The van der Waals surface area contributed by atoms with Crippen LogP contribution in [-0.2, 0) is 17.6 Å². The third kappa shape index (κ3) is 3.56. The van der Waals surface area contributed by atoms with Gasteiger partial charge in [0.1, 0.15) is 6.04 Å². The second-order valence-corrected chi connectivity index (χ2v) is 6.61. The van der Waals surface area contributed by atoms with Gasteiger partial charge < -0.3 is 15.7 Å². The Labute approximate surface area is 133 Å². The number of amides is 1. The SMILES string of the molecule is Cl.O=C(N[C@@H]1CN[C@H](C(=O)O)C1)c1cc2c(s1)CCCC2. The highest BCUT2D eigenvalue weighted by Gasteiger charge is 2.30. The Morgan fingerprint density at radius 2 is 2.10 bits per heavy atom. The number of halogens is 1. The van der Waals surface area contributed by atoms with Gasteiger partial charge in [-0.2, -0.15) is 0 Å². The molecule has 2 aliphatic rings. The van der Waals surface area contributed by atoms with Crippen molar-refractivity contribution in [2.75, 3.05) is 6.54 Å². The van der Waals surface area contributed by atoms with Gasteiger partial charge in [-0.3, -0.25) is 9.59 Å². The first-order valence-corrected chi connectivity index (χ1v) is 7.84. The molecule has 1 aromatic heterocycles. The minimum Gasteiger partial charge on any atom is -0.480 e. The molecule has 116 valence electrons. The molecule has 1 fully saturated rings. The minimum atomic E-state index is -0.853. The lowest BCUT2D eigenvalue weighted by Gasteiger charge is -2.10. The summed E-state index contributed by atoms with van der Waals surface area (Å²) in [5, 5.41) is 14.8. The van der Waals surface area contributed by atoms with Gasteiger partial charge in [-0.25, -0.2) is 0 Å². The van der Waals surface area contributed by atoms with Crippen molar-refractivity contribution in [3.05, 3.63) is 21.4 Å². The van der Waals surface area contributed by atoms with E-state index in [1.165, 1.54) is 23.3 Å². The summed E-state index contributed by atoms with van der Waals surface area (Å²) in [4.78, 5) is 25.2. The van der Waals surface area contributed by atoms with E-state index in [-0.39, 0.29) is 24.4 Å². The van der Waals surface area contributed by atoms with Crippen molar-refractivity contribution < 1.29 is 14.7 Å². The largest absolute Gasteiger partial charge is 0.480 e. The first-order valence-electron chi connectivity index (χ1n) is 7.02. The van der Waals surface area contributed by atoms with Crippen molar-refractivity contribution in [2.45, 2.75) is 44.2 Å². The molecule has 0 radical (unpaired) electrons. The Morgan fingerprint density at radius 1 is 1.33 bits per heavy atom. The number of carbonyl (C=O) groups excluding carboxylic acids is 1. The van der Waals surface area contributed by atoms with E-state index in [9.17, 15) is 9.59 Å². The molecule has 21 heavy (non-hydrogen) atoms. The van der Waals surface area contributed by atoms with Crippen LogP contribution >= 0.6 is 23.7 Å². The van der Waals surface area contributed by atoms with Gasteiger partial charge in [-0.1, -0.05) is 0 Å². The number of carboxylic acid groups (broad SMARTS) is 1. The number of hydrogen-bond acceptors (Lipinski definition) is 4. The molecular weight excluding hydrogens is 312 g/mol.